The van der Waals surface area contributed by atoms with Crippen LogP contribution in [0.5, 0.6) is 0 Å². The van der Waals surface area contributed by atoms with E-state index in [1.807, 2.05) is 0 Å². The average molecular weight is 228 g/mol. The Morgan fingerprint density at radius 1 is 1.62 bits per heavy atom. The number of amides is 1. The van der Waals surface area contributed by atoms with Gasteiger partial charge in [0.15, 0.2) is 6.61 Å². The van der Waals surface area contributed by atoms with Crippen LogP contribution in [0.3, 0.4) is 0 Å². The van der Waals surface area contributed by atoms with E-state index in [0.29, 0.717) is 0 Å². The van der Waals surface area contributed by atoms with Crippen LogP contribution in [0.2, 0.25) is 0 Å². The first-order chi connectivity index (χ1) is 7.56. The molecule has 0 spiro atoms. The molecule has 1 fully saturated rings. The number of rotatable bonds is 6. The summed E-state index contributed by atoms with van der Waals surface area (Å²) >= 11 is 0. The predicted molar refractivity (Wildman–Crippen MR) is 53.1 cm³/mol. The molecule has 1 N–H and O–H groups in total. The van der Waals surface area contributed by atoms with Gasteiger partial charge < -0.3 is 10.1 Å². The van der Waals surface area contributed by atoms with E-state index in [2.05, 4.69) is 16.6 Å². The third kappa shape index (κ3) is 3.34. The molecule has 1 amide bonds. The first kappa shape index (κ1) is 12.2. The summed E-state index contributed by atoms with van der Waals surface area (Å²) in [4.78, 5) is 31.9. The normalized spacial score (nSPS) is 22.0. The molecule has 1 saturated carbocycles. The molecule has 0 aromatic rings. The molecule has 2 atom stereocenters. The molecule has 0 aromatic carbocycles. The van der Waals surface area contributed by atoms with E-state index in [-0.39, 0.29) is 13.0 Å². The Morgan fingerprint density at radius 3 is 2.81 bits per heavy atom. The SMILES string of the molecule is C=CCNC(=O)COC(=O)C1CC1[N+](=O)[O-]. The van der Waals surface area contributed by atoms with Gasteiger partial charge in [-0.2, -0.15) is 0 Å². The minimum Gasteiger partial charge on any atom is -0.455 e. The van der Waals surface area contributed by atoms with Crippen LogP contribution in [-0.2, 0) is 14.3 Å². The van der Waals surface area contributed by atoms with Crippen LogP contribution in [0.1, 0.15) is 6.42 Å². The molecule has 16 heavy (non-hydrogen) atoms. The molecule has 0 aliphatic heterocycles. The first-order valence-electron chi connectivity index (χ1n) is 4.74. The van der Waals surface area contributed by atoms with E-state index in [4.69, 9.17) is 0 Å². The predicted octanol–water partition coefficient (Wildman–Crippen LogP) is -0.503. The molecule has 1 aliphatic carbocycles. The molecule has 0 aromatic heterocycles. The van der Waals surface area contributed by atoms with Crippen molar-refractivity contribution in [2.45, 2.75) is 12.5 Å². The highest BCUT2D eigenvalue weighted by Gasteiger charge is 2.54. The maximum Gasteiger partial charge on any atom is 0.316 e. The minimum atomic E-state index is -0.844. The molecule has 0 radical (unpaired) electrons. The van der Waals surface area contributed by atoms with Crippen LogP contribution < -0.4 is 5.32 Å². The van der Waals surface area contributed by atoms with Gasteiger partial charge in [-0.25, -0.2) is 0 Å². The zero-order chi connectivity index (χ0) is 12.1. The minimum absolute atomic E-state index is 0.195. The summed E-state index contributed by atoms with van der Waals surface area (Å²) in [6.45, 7) is 3.28. The van der Waals surface area contributed by atoms with E-state index >= 15 is 0 Å². The fraction of sp³-hybridized carbons (Fsp3) is 0.556. The number of nitrogens with zero attached hydrogens (tertiary/aromatic N) is 1. The van der Waals surface area contributed by atoms with Gasteiger partial charge in [0.2, 0.25) is 6.04 Å². The van der Waals surface area contributed by atoms with Crippen LogP contribution in [0.25, 0.3) is 0 Å². The standard InChI is InChI=1S/C9H12N2O5/c1-2-3-10-8(12)5-16-9(13)6-4-7(6)11(14)15/h2,6-7H,1,3-5H2,(H,10,12). The van der Waals surface area contributed by atoms with E-state index in [1.54, 1.807) is 0 Å². The highest BCUT2D eigenvalue weighted by Crippen LogP contribution is 2.33. The summed E-state index contributed by atoms with van der Waals surface area (Å²) in [5.74, 6) is -1.83. The van der Waals surface area contributed by atoms with Gasteiger partial charge >= 0.3 is 5.97 Å². The molecule has 0 saturated heterocycles. The fourth-order valence-corrected chi connectivity index (χ4v) is 1.15. The quantitative estimate of drug-likeness (QED) is 0.286. The second kappa shape index (κ2) is 5.24. The molecule has 7 nitrogen and oxygen atoms in total. The van der Waals surface area contributed by atoms with Crippen molar-refractivity contribution in [1.29, 1.82) is 0 Å². The molecule has 0 heterocycles. The number of nitrogens with one attached hydrogen (secondary N) is 1. The summed E-state index contributed by atoms with van der Waals surface area (Å²) in [6, 6.07) is -0.844. The van der Waals surface area contributed by atoms with Gasteiger partial charge in [-0.1, -0.05) is 6.08 Å². The third-order valence-corrected chi connectivity index (χ3v) is 2.12. The molecule has 7 heteroatoms. The van der Waals surface area contributed by atoms with Crippen molar-refractivity contribution in [3.63, 3.8) is 0 Å². The van der Waals surface area contributed by atoms with Gasteiger partial charge in [0.25, 0.3) is 5.91 Å². The lowest BCUT2D eigenvalue weighted by Crippen LogP contribution is -2.29. The smallest absolute Gasteiger partial charge is 0.316 e. The van der Waals surface area contributed by atoms with Gasteiger partial charge in [0, 0.05) is 17.9 Å². The van der Waals surface area contributed by atoms with Gasteiger partial charge in [0.05, 0.1) is 0 Å². The number of hydrogen-bond donors (Lipinski definition) is 1. The lowest BCUT2D eigenvalue weighted by atomic mass is 10.4. The molecule has 2 unspecified atom stereocenters. The Morgan fingerprint density at radius 2 is 2.31 bits per heavy atom. The summed E-state index contributed by atoms with van der Waals surface area (Å²) < 4.78 is 4.62. The maximum absolute atomic E-state index is 11.2. The number of carbonyl (C=O) groups excluding carboxylic acids is 2. The number of ether oxygens (including phenoxy) is 1. The zero-order valence-electron chi connectivity index (χ0n) is 8.55. The summed E-state index contributed by atoms with van der Waals surface area (Å²) in [6.07, 6.45) is 1.68. The van der Waals surface area contributed by atoms with Crippen molar-refractivity contribution in [2.24, 2.45) is 5.92 Å². The molecule has 0 bridgehead atoms. The second-order valence-corrected chi connectivity index (χ2v) is 3.40. The lowest BCUT2D eigenvalue weighted by molar-refractivity contribution is -0.497. The van der Waals surface area contributed by atoms with Crippen LogP contribution >= 0.6 is 0 Å². The number of nitro groups is 1. The Bertz CT molecular complexity index is 328. The highest BCUT2D eigenvalue weighted by atomic mass is 16.6. The Hall–Kier alpha value is -1.92. The van der Waals surface area contributed by atoms with Crippen LogP contribution in [0.15, 0.2) is 12.7 Å². The fourth-order valence-electron chi connectivity index (χ4n) is 1.15. The maximum atomic E-state index is 11.2. The van der Waals surface area contributed by atoms with Gasteiger partial charge in [-0.3, -0.25) is 19.7 Å². The first-order valence-corrected chi connectivity index (χ1v) is 4.74. The van der Waals surface area contributed by atoms with Crippen molar-refractivity contribution < 1.29 is 19.2 Å². The zero-order valence-corrected chi connectivity index (χ0v) is 8.55. The molecular weight excluding hydrogens is 216 g/mol. The van der Waals surface area contributed by atoms with Gasteiger partial charge in [0.1, 0.15) is 5.92 Å². The van der Waals surface area contributed by atoms with Gasteiger partial charge in [-0.15, -0.1) is 6.58 Å². The Balaban J connectivity index is 2.19. The van der Waals surface area contributed by atoms with Crippen LogP contribution in [0, 0.1) is 16.0 Å². The number of hydrogen-bond acceptors (Lipinski definition) is 5. The topological polar surface area (TPSA) is 98.5 Å². The van der Waals surface area contributed by atoms with Crippen molar-refractivity contribution in [1.82, 2.24) is 5.32 Å². The average Bonchev–Trinajstić information content (AvgIpc) is 3.02. The Kier molecular flexibility index (Phi) is 3.98. The van der Waals surface area contributed by atoms with E-state index in [0.717, 1.165) is 0 Å². The summed E-state index contributed by atoms with van der Waals surface area (Å²) in [5, 5.41) is 12.7. The van der Waals surface area contributed by atoms with Crippen molar-refractivity contribution in [3.8, 4) is 0 Å². The van der Waals surface area contributed by atoms with Gasteiger partial charge in [-0.05, 0) is 0 Å². The Labute approximate surface area is 91.6 Å². The van der Waals surface area contributed by atoms with E-state index in [1.165, 1.54) is 6.08 Å². The van der Waals surface area contributed by atoms with Crippen molar-refractivity contribution in [3.05, 3.63) is 22.8 Å². The van der Waals surface area contributed by atoms with Crippen LogP contribution in [-0.4, -0.2) is 36.0 Å². The second-order valence-electron chi connectivity index (χ2n) is 3.40. The highest BCUT2D eigenvalue weighted by molar-refractivity contribution is 5.82. The monoisotopic (exact) mass is 228 g/mol. The molecule has 1 rings (SSSR count). The van der Waals surface area contributed by atoms with E-state index in [9.17, 15) is 19.7 Å². The van der Waals surface area contributed by atoms with Crippen LogP contribution in [0.4, 0.5) is 0 Å². The summed E-state index contributed by atoms with van der Waals surface area (Å²) in [5.41, 5.74) is 0. The molecule has 88 valence electrons. The third-order valence-electron chi connectivity index (χ3n) is 2.12. The largest absolute Gasteiger partial charge is 0.455 e. The number of esters is 1. The van der Waals surface area contributed by atoms with Crippen molar-refractivity contribution >= 4 is 11.9 Å². The summed E-state index contributed by atoms with van der Waals surface area (Å²) in [7, 11) is 0. The van der Waals surface area contributed by atoms with E-state index < -0.39 is 35.4 Å². The van der Waals surface area contributed by atoms with Crippen molar-refractivity contribution in [2.75, 3.05) is 13.2 Å². The molecular formula is C9H12N2O5. The number of carbonyl (C=O) groups is 2. The lowest BCUT2D eigenvalue weighted by Gasteiger charge is -2.03. The molecule has 1 aliphatic rings.